The summed E-state index contributed by atoms with van der Waals surface area (Å²) < 4.78 is 54.1. The van der Waals surface area contributed by atoms with Crippen molar-refractivity contribution in [3.63, 3.8) is 0 Å². The van der Waals surface area contributed by atoms with Crippen LogP contribution in [0.1, 0.15) is 29.6 Å². The number of carboxylic acids is 1. The average molecular weight is 364 g/mol. The van der Waals surface area contributed by atoms with Gasteiger partial charge >= 0.3 is 18.3 Å². The molecule has 10 heteroatoms. The summed E-state index contributed by atoms with van der Waals surface area (Å²) in [5, 5.41) is 11.7. The second-order valence-corrected chi connectivity index (χ2v) is 5.69. The van der Waals surface area contributed by atoms with Gasteiger partial charge in [0.25, 0.3) is 5.91 Å². The van der Waals surface area contributed by atoms with E-state index in [0.29, 0.717) is 19.3 Å². The van der Waals surface area contributed by atoms with Gasteiger partial charge in [0.05, 0.1) is 11.5 Å². The van der Waals surface area contributed by atoms with Crippen LogP contribution in [0, 0.1) is 5.92 Å². The number of hydrogen-bond donors (Lipinski definition) is 2. The minimum absolute atomic E-state index is 0.0732. The Bertz CT molecular complexity index is 624. The number of halogens is 4. The Labute approximate surface area is 140 Å². The summed E-state index contributed by atoms with van der Waals surface area (Å²) in [6.07, 6.45) is -1.11. The summed E-state index contributed by atoms with van der Waals surface area (Å²) in [4.78, 5) is 26.8. The predicted molar refractivity (Wildman–Crippen MR) is 76.9 cm³/mol. The van der Waals surface area contributed by atoms with Crippen LogP contribution < -0.4 is 10.1 Å². The molecule has 0 aliphatic heterocycles. The van der Waals surface area contributed by atoms with E-state index in [1.807, 2.05) is 0 Å². The summed E-state index contributed by atoms with van der Waals surface area (Å²) in [6.45, 7) is -1.54. The lowest BCUT2D eigenvalue weighted by Crippen LogP contribution is -2.40. The van der Waals surface area contributed by atoms with Crippen molar-refractivity contribution in [2.24, 2.45) is 5.92 Å². The molecule has 1 aromatic heterocycles. The highest BCUT2D eigenvalue weighted by atomic mass is 19.3. The van der Waals surface area contributed by atoms with Gasteiger partial charge in [-0.2, -0.15) is 8.78 Å². The molecule has 1 fully saturated rings. The molecule has 1 aliphatic rings. The van der Waals surface area contributed by atoms with Crippen LogP contribution in [0.2, 0.25) is 0 Å². The molecule has 2 rings (SSSR count). The molecular weight excluding hydrogens is 348 g/mol. The van der Waals surface area contributed by atoms with E-state index in [2.05, 4.69) is 15.0 Å². The summed E-state index contributed by atoms with van der Waals surface area (Å²) in [5.74, 6) is -6.83. The molecule has 2 atom stereocenters. The number of amides is 1. The maximum Gasteiger partial charge on any atom is 0.340 e. The number of aromatic nitrogens is 1. The van der Waals surface area contributed by atoms with E-state index in [0.717, 1.165) is 12.3 Å². The smallest absolute Gasteiger partial charge is 0.340 e. The minimum Gasteiger partial charge on any atom is -0.481 e. The number of carboxylic acid groups (broad SMARTS) is 1. The molecule has 138 valence electrons. The molecule has 1 aromatic rings. The highest BCUT2D eigenvalue weighted by molar-refractivity contribution is 5.94. The summed E-state index contributed by atoms with van der Waals surface area (Å²) in [6, 6.07) is 1.83. The number of carbonyl (C=O) groups is 2. The first-order valence-electron chi connectivity index (χ1n) is 7.49. The molecule has 0 saturated heterocycles. The topological polar surface area (TPSA) is 88.5 Å². The third-order valence-corrected chi connectivity index (χ3v) is 3.88. The average Bonchev–Trinajstić information content (AvgIpc) is 3.01. The highest BCUT2D eigenvalue weighted by Crippen LogP contribution is 2.26. The number of nitrogens with zero attached hydrogens (tertiary/aromatic N) is 1. The molecule has 2 N–H and O–H groups in total. The van der Waals surface area contributed by atoms with E-state index in [1.165, 1.54) is 6.07 Å². The van der Waals surface area contributed by atoms with E-state index in [-0.39, 0.29) is 11.4 Å². The predicted octanol–water partition coefficient (Wildman–Crippen LogP) is 2.34. The number of carbonyl (C=O) groups excluding carboxylic acids is 1. The van der Waals surface area contributed by atoms with Crippen LogP contribution in [-0.4, -0.2) is 47.0 Å². The van der Waals surface area contributed by atoms with Crippen molar-refractivity contribution in [3.05, 3.63) is 23.9 Å². The van der Waals surface area contributed by atoms with Gasteiger partial charge in [0.1, 0.15) is 0 Å². The van der Waals surface area contributed by atoms with Crippen LogP contribution in [0.25, 0.3) is 0 Å². The molecule has 0 unspecified atom stereocenters. The SMILES string of the molecule is O=C(N[C@H]1CCC[C@H]1C(=O)O)c1ccc(OCC(F)(F)C(F)F)nc1. The van der Waals surface area contributed by atoms with E-state index in [9.17, 15) is 27.2 Å². The first-order valence-corrected chi connectivity index (χ1v) is 7.49. The molecule has 1 aliphatic carbocycles. The third-order valence-electron chi connectivity index (χ3n) is 3.88. The Morgan fingerprint density at radius 1 is 1.36 bits per heavy atom. The van der Waals surface area contributed by atoms with Gasteiger partial charge in [0, 0.05) is 18.3 Å². The molecule has 0 aromatic carbocycles. The van der Waals surface area contributed by atoms with Gasteiger partial charge in [-0.1, -0.05) is 6.42 Å². The van der Waals surface area contributed by atoms with Gasteiger partial charge in [-0.15, -0.1) is 0 Å². The van der Waals surface area contributed by atoms with Crippen molar-refractivity contribution in [1.82, 2.24) is 10.3 Å². The van der Waals surface area contributed by atoms with Gasteiger partial charge in [-0.25, -0.2) is 13.8 Å². The zero-order chi connectivity index (χ0) is 18.6. The van der Waals surface area contributed by atoms with Crippen LogP contribution in [0.5, 0.6) is 5.88 Å². The number of rotatable bonds is 7. The zero-order valence-electron chi connectivity index (χ0n) is 12.9. The molecular formula is C15H16F4N2O4. The molecule has 0 radical (unpaired) electrons. The summed E-state index contributed by atoms with van der Waals surface area (Å²) >= 11 is 0. The van der Waals surface area contributed by atoms with Crippen LogP contribution in [0.3, 0.4) is 0 Å². The monoisotopic (exact) mass is 364 g/mol. The largest absolute Gasteiger partial charge is 0.481 e. The van der Waals surface area contributed by atoms with E-state index in [1.54, 1.807) is 0 Å². The molecule has 1 heterocycles. The number of aliphatic carboxylic acids is 1. The van der Waals surface area contributed by atoms with E-state index < -0.39 is 42.8 Å². The van der Waals surface area contributed by atoms with Gasteiger partial charge in [-0.3, -0.25) is 9.59 Å². The number of nitrogens with one attached hydrogen (secondary N) is 1. The van der Waals surface area contributed by atoms with Crippen molar-refractivity contribution < 1.29 is 37.0 Å². The van der Waals surface area contributed by atoms with Crippen molar-refractivity contribution in [3.8, 4) is 5.88 Å². The second-order valence-electron chi connectivity index (χ2n) is 5.69. The Morgan fingerprint density at radius 2 is 2.08 bits per heavy atom. The van der Waals surface area contributed by atoms with Crippen molar-refractivity contribution >= 4 is 11.9 Å². The molecule has 6 nitrogen and oxygen atoms in total. The van der Waals surface area contributed by atoms with Gasteiger partial charge in [-0.05, 0) is 18.9 Å². The summed E-state index contributed by atoms with van der Waals surface area (Å²) in [5.41, 5.74) is 0.0732. The maximum atomic E-state index is 12.8. The van der Waals surface area contributed by atoms with Crippen LogP contribution in [0.15, 0.2) is 18.3 Å². The quantitative estimate of drug-likeness (QED) is 0.725. The fourth-order valence-electron chi connectivity index (χ4n) is 2.51. The Kier molecular flexibility index (Phi) is 5.81. The summed E-state index contributed by atoms with van der Waals surface area (Å²) in [7, 11) is 0. The zero-order valence-corrected chi connectivity index (χ0v) is 12.9. The number of ether oxygens (including phenoxy) is 1. The van der Waals surface area contributed by atoms with Crippen molar-refractivity contribution in [2.45, 2.75) is 37.7 Å². The van der Waals surface area contributed by atoms with Crippen LogP contribution in [-0.2, 0) is 4.79 Å². The standard InChI is InChI=1S/C15H16F4N2O4/c16-14(17)15(18,19)7-25-11-5-4-8(6-20-11)12(22)21-10-3-1-2-9(10)13(23)24/h4-6,9-10,14H,1-3,7H2,(H,21,22)(H,23,24)/t9-,10+/m1/s1. The fraction of sp³-hybridized carbons (Fsp3) is 0.533. The second kappa shape index (κ2) is 7.66. The highest BCUT2D eigenvalue weighted by Gasteiger charge is 2.41. The Balaban J connectivity index is 1.93. The number of hydrogen-bond acceptors (Lipinski definition) is 4. The fourth-order valence-corrected chi connectivity index (χ4v) is 2.51. The Morgan fingerprint density at radius 3 is 2.64 bits per heavy atom. The number of alkyl halides is 4. The first-order chi connectivity index (χ1) is 11.7. The third kappa shape index (κ3) is 4.80. The number of pyridine rings is 1. The van der Waals surface area contributed by atoms with Crippen molar-refractivity contribution in [2.75, 3.05) is 6.61 Å². The molecule has 0 spiro atoms. The minimum atomic E-state index is -4.30. The molecule has 1 saturated carbocycles. The van der Waals surface area contributed by atoms with Crippen molar-refractivity contribution in [1.29, 1.82) is 0 Å². The first kappa shape index (κ1) is 18.9. The van der Waals surface area contributed by atoms with Gasteiger partial charge in [0.2, 0.25) is 5.88 Å². The lowest BCUT2D eigenvalue weighted by atomic mass is 10.0. The van der Waals surface area contributed by atoms with Crippen LogP contribution >= 0.6 is 0 Å². The van der Waals surface area contributed by atoms with Gasteiger partial charge < -0.3 is 15.2 Å². The normalized spacial score (nSPS) is 20.5. The maximum absolute atomic E-state index is 12.8. The molecule has 0 bridgehead atoms. The Hall–Kier alpha value is -2.39. The van der Waals surface area contributed by atoms with Crippen LogP contribution in [0.4, 0.5) is 17.6 Å². The molecule has 1 amide bonds. The lowest BCUT2D eigenvalue weighted by Gasteiger charge is -2.18. The molecule has 25 heavy (non-hydrogen) atoms. The van der Waals surface area contributed by atoms with E-state index >= 15 is 0 Å². The van der Waals surface area contributed by atoms with E-state index in [4.69, 9.17) is 5.11 Å². The van der Waals surface area contributed by atoms with Gasteiger partial charge in [0.15, 0.2) is 6.61 Å². The lowest BCUT2D eigenvalue weighted by molar-refractivity contribution is -0.148.